The second kappa shape index (κ2) is 10.3. The molecule has 2 aromatic carbocycles. The van der Waals surface area contributed by atoms with Gasteiger partial charge in [0.25, 0.3) is 0 Å². The normalized spacial score (nSPS) is 23.6. The summed E-state index contributed by atoms with van der Waals surface area (Å²) in [6.07, 6.45) is -0.526. The van der Waals surface area contributed by atoms with Gasteiger partial charge in [0, 0.05) is 23.7 Å². The Morgan fingerprint density at radius 1 is 1.06 bits per heavy atom. The summed E-state index contributed by atoms with van der Waals surface area (Å²) >= 11 is 0. The fourth-order valence-electron chi connectivity index (χ4n) is 4.99. The summed E-state index contributed by atoms with van der Waals surface area (Å²) in [5, 5.41) is 15.8. The van der Waals surface area contributed by atoms with E-state index in [0.29, 0.717) is 35.9 Å². The lowest BCUT2D eigenvalue weighted by molar-refractivity contribution is -0.142. The maximum atomic E-state index is 12.7. The zero-order valence-corrected chi connectivity index (χ0v) is 20.4. The van der Waals surface area contributed by atoms with Crippen molar-refractivity contribution in [3.8, 4) is 17.2 Å². The number of nitrogens with one attached hydrogen (secondary N) is 2. The van der Waals surface area contributed by atoms with Gasteiger partial charge < -0.3 is 39.6 Å². The zero-order chi connectivity index (χ0) is 25.2. The highest BCUT2D eigenvalue weighted by atomic mass is 16.7. The molecule has 0 radical (unpaired) electrons. The molecule has 3 aliphatic heterocycles. The van der Waals surface area contributed by atoms with Gasteiger partial charge in [0.1, 0.15) is 18.0 Å². The molecule has 4 atom stereocenters. The lowest BCUT2D eigenvalue weighted by atomic mass is 9.84. The Hall–Kier alpha value is -3.34. The van der Waals surface area contributed by atoms with Crippen molar-refractivity contribution in [3.63, 3.8) is 0 Å². The summed E-state index contributed by atoms with van der Waals surface area (Å²) in [6, 6.07) is 11.1. The van der Waals surface area contributed by atoms with Gasteiger partial charge in [-0.2, -0.15) is 0 Å². The molecule has 0 aromatic heterocycles. The third kappa shape index (κ3) is 5.25. The number of ether oxygens (including phenoxy) is 4. The number of carbonyl (C=O) groups excluding carboxylic acids is 2. The van der Waals surface area contributed by atoms with Crippen LogP contribution in [0.4, 0.5) is 5.69 Å². The summed E-state index contributed by atoms with van der Waals surface area (Å²) in [6.45, 7) is 0.634. The van der Waals surface area contributed by atoms with Crippen LogP contribution in [0.1, 0.15) is 29.9 Å². The first-order valence-corrected chi connectivity index (χ1v) is 12.1. The molecule has 10 nitrogen and oxygen atoms in total. The third-order valence-electron chi connectivity index (χ3n) is 6.58. The van der Waals surface area contributed by atoms with E-state index >= 15 is 0 Å². The van der Waals surface area contributed by atoms with E-state index in [9.17, 15) is 14.7 Å². The fraction of sp³-hybridized carbons (Fsp3) is 0.462. The van der Waals surface area contributed by atoms with Crippen LogP contribution >= 0.6 is 0 Å². The van der Waals surface area contributed by atoms with E-state index in [4.69, 9.17) is 18.9 Å². The number of carbonyl (C=O) groups is 2. The van der Waals surface area contributed by atoms with Crippen LogP contribution in [0.2, 0.25) is 0 Å². The molecule has 0 aliphatic carbocycles. The molecule has 0 bridgehead atoms. The van der Waals surface area contributed by atoms with Crippen LogP contribution in [0.25, 0.3) is 0 Å². The van der Waals surface area contributed by atoms with Crippen molar-refractivity contribution >= 4 is 17.5 Å². The number of benzene rings is 2. The minimum atomic E-state index is -0.547. The Morgan fingerprint density at radius 2 is 1.86 bits per heavy atom. The van der Waals surface area contributed by atoms with Gasteiger partial charge in [-0.15, -0.1) is 0 Å². The van der Waals surface area contributed by atoms with Gasteiger partial charge in [-0.1, -0.05) is 6.07 Å². The molecule has 3 heterocycles. The third-order valence-corrected chi connectivity index (χ3v) is 6.58. The van der Waals surface area contributed by atoms with Crippen LogP contribution in [0.3, 0.4) is 0 Å². The van der Waals surface area contributed by atoms with Crippen LogP contribution in [-0.4, -0.2) is 74.2 Å². The number of hydrogen-bond acceptors (Lipinski definition) is 8. The maximum Gasteiger partial charge on any atom is 0.238 e. The zero-order valence-electron chi connectivity index (χ0n) is 20.4. The Kier molecular flexibility index (Phi) is 6.99. The number of fused-ring (bicyclic) bond motifs is 4. The maximum absolute atomic E-state index is 12.7. The van der Waals surface area contributed by atoms with Crippen molar-refractivity contribution in [1.82, 2.24) is 10.2 Å². The largest absolute Gasteiger partial charge is 0.487 e. The molecule has 192 valence electrons. The summed E-state index contributed by atoms with van der Waals surface area (Å²) in [5.74, 6) is 1.79. The van der Waals surface area contributed by atoms with Crippen molar-refractivity contribution in [3.05, 3.63) is 47.5 Å². The summed E-state index contributed by atoms with van der Waals surface area (Å²) in [7, 11) is 3.67. The molecule has 3 N–H and O–H groups in total. The van der Waals surface area contributed by atoms with Crippen LogP contribution in [-0.2, 0) is 20.9 Å². The smallest absolute Gasteiger partial charge is 0.238 e. The van der Waals surface area contributed by atoms with Crippen LogP contribution in [0.15, 0.2) is 36.4 Å². The summed E-state index contributed by atoms with van der Waals surface area (Å²) < 4.78 is 22.9. The Bertz CT molecular complexity index is 1140. The van der Waals surface area contributed by atoms with Gasteiger partial charge in [-0.25, -0.2) is 0 Å². The molecule has 2 aromatic rings. The highest BCUT2D eigenvalue weighted by molar-refractivity contribution is 5.92. The van der Waals surface area contributed by atoms with Gasteiger partial charge in [0.2, 0.25) is 18.6 Å². The van der Waals surface area contributed by atoms with Gasteiger partial charge in [0.05, 0.1) is 25.7 Å². The van der Waals surface area contributed by atoms with Crippen LogP contribution in [0.5, 0.6) is 17.2 Å². The molecular formula is C26H31N3O7. The number of aliphatic hydroxyl groups is 1. The molecule has 2 amide bonds. The Balaban J connectivity index is 1.22. The Morgan fingerprint density at radius 3 is 2.67 bits per heavy atom. The number of anilines is 1. The Labute approximate surface area is 209 Å². The summed E-state index contributed by atoms with van der Waals surface area (Å²) in [4.78, 5) is 26.7. The number of aliphatic hydroxyl groups excluding tert-OH is 1. The minimum Gasteiger partial charge on any atom is -0.487 e. The molecule has 10 heteroatoms. The molecule has 0 spiro atoms. The van der Waals surface area contributed by atoms with Crippen LogP contribution in [0, 0.1) is 0 Å². The average Bonchev–Trinajstić information content (AvgIpc) is 3.46. The van der Waals surface area contributed by atoms with E-state index in [-0.39, 0.29) is 56.3 Å². The van der Waals surface area contributed by atoms with Gasteiger partial charge >= 0.3 is 0 Å². The molecule has 1 fully saturated rings. The van der Waals surface area contributed by atoms with Crippen molar-refractivity contribution in [2.24, 2.45) is 0 Å². The van der Waals surface area contributed by atoms with Crippen molar-refractivity contribution in [1.29, 1.82) is 0 Å². The molecule has 3 aliphatic rings. The first-order valence-electron chi connectivity index (χ1n) is 12.1. The van der Waals surface area contributed by atoms with Crippen molar-refractivity contribution < 1.29 is 33.6 Å². The van der Waals surface area contributed by atoms with Gasteiger partial charge in [0.15, 0.2) is 11.5 Å². The van der Waals surface area contributed by atoms with Crippen molar-refractivity contribution in [2.75, 3.05) is 39.4 Å². The SMILES string of the molecule is CN(C)CC(=O)Nc1ccc2c(c1)[C@@H]1C[C@@H](CC(=O)NCc3ccc4c(c3)OCO4)O[C@@H](CO)[C@@H]1O2. The highest BCUT2D eigenvalue weighted by Gasteiger charge is 2.46. The summed E-state index contributed by atoms with van der Waals surface area (Å²) in [5.41, 5.74) is 2.55. The van der Waals surface area contributed by atoms with E-state index in [0.717, 1.165) is 11.1 Å². The molecule has 0 unspecified atom stereocenters. The topological polar surface area (TPSA) is 119 Å². The lowest BCUT2D eigenvalue weighted by Crippen LogP contribution is -2.47. The van der Waals surface area contributed by atoms with Crippen molar-refractivity contribution in [2.45, 2.75) is 43.6 Å². The molecule has 36 heavy (non-hydrogen) atoms. The highest BCUT2D eigenvalue weighted by Crippen LogP contribution is 2.47. The molecule has 0 saturated carbocycles. The number of rotatable bonds is 8. The van der Waals surface area contributed by atoms with E-state index in [2.05, 4.69) is 10.6 Å². The first-order chi connectivity index (χ1) is 17.4. The molecule has 5 rings (SSSR count). The molecule has 1 saturated heterocycles. The number of likely N-dealkylation sites (N-methyl/N-ethyl adjacent to an activating group) is 1. The predicted molar refractivity (Wildman–Crippen MR) is 130 cm³/mol. The standard InChI is InChI=1S/C26H31N3O7/c1-29(2)12-25(32)28-16-4-6-20-18(8-16)19-9-17(35-23(13-30)26(19)36-20)10-24(31)27-11-15-3-5-21-22(7-15)34-14-33-21/h3-8,17,19,23,26,30H,9-14H2,1-2H3,(H,27,31)(H,28,32)/t17-,19-,23-,26+/m0/s1. The molecular weight excluding hydrogens is 466 g/mol. The van der Waals surface area contributed by atoms with Gasteiger partial charge in [-0.3, -0.25) is 9.59 Å². The first kappa shape index (κ1) is 24.4. The second-order valence-electron chi connectivity index (χ2n) is 9.61. The monoisotopic (exact) mass is 497 g/mol. The lowest BCUT2D eigenvalue weighted by Gasteiger charge is -2.37. The fourth-order valence-corrected chi connectivity index (χ4v) is 4.99. The second-order valence-corrected chi connectivity index (χ2v) is 9.61. The number of nitrogens with zero attached hydrogens (tertiary/aromatic N) is 1. The van der Waals surface area contributed by atoms with E-state index in [1.54, 1.807) is 11.0 Å². The van der Waals surface area contributed by atoms with E-state index in [1.807, 2.05) is 44.4 Å². The van der Waals surface area contributed by atoms with E-state index in [1.165, 1.54) is 0 Å². The van der Waals surface area contributed by atoms with Crippen LogP contribution < -0.4 is 24.8 Å². The van der Waals surface area contributed by atoms with E-state index < -0.39 is 6.10 Å². The van der Waals surface area contributed by atoms with Gasteiger partial charge in [-0.05, 0) is 56.4 Å². The number of amides is 2. The quantitative estimate of drug-likeness (QED) is 0.504. The average molecular weight is 498 g/mol. The predicted octanol–water partition coefficient (Wildman–Crippen LogP) is 1.62. The number of hydrogen-bond donors (Lipinski definition) is 3. The minimum absolute atomic E-state index is 0.0525.